The van der Waals surface area contributed by atoms with E-state index in [1.165, 1.54) is 19.4 Å². The molecule has 20 heavy (non-hydrogen) atoms. The molecule has 4 aliphatic rings. The van der Waals surface area contributed by atoms with Crippen molar-refractivity contribution in [3.8, 4) is 0 Å². The summed E-state index contributed by atoms with van der Waals surface area (Å²) in [6.45, 7) is 6.33. The summed E-state index contributed by atoms with van der Waals surface area (Å²) in [7, 11) is 0. The van der Waals surface area contributed by atoms with Gasteiger partial charge in [0.2, 0.25) is 0 Å². The van der Waals surface area contributed by atoms with Gasteiger partial charge in [0.15, 0.2) is 5.78 Å². The van der Waals surface area contributed by atoms with Crippen molar-refractivity contribution in [1.82, 2.24) is 4.90 Å². The lowest BCUT2D eigenvalue weighted by Gasteiger charge is -2.48. The van der Waals surface area contributed by atoms with E-state index in [0.717, 1.165) is 24.3 Å². The van der Waals surface area contributed by atoms with Crippen molar-refractivity contribution in [3.63, 3.8) is 0 Å². The lowest BCUT2D eigenvalue weighted by Crippen LogP contribution is -2.54. The van der Waals surface area contributed by atoms with Gasteiger partial charge in [0, 0.05) is 19.0 Å². The van der Waals surface area contributed by atoms with Crippen molar-refractivity contribution in [2.45, 2.75) is 63.9 Å². The first kappa shape index (κ1) is 12.8. The van der Waals surface area contributed by atoms with Gasteiger partial charge < -0.3 is 9.47 Å². The highest BCUT2D eigenvalue weighted by atomic mass is 16.5. The van der Waals surface area contributed by atoms with E-state index in [4.69, 9.17) is 9.47 Å². The van der Waals surface area contributed by atoms with Gasteiger partial charge in [0.1, 0.15) is 11.9 Å². The van der Waals surface area contributed by atoms with E-state index in [-0.39, 0.29) is 30.0 Å². The van der Waals surface area contributed by atoms with Crippen LogP contribution in [0.1, 0.15) is 39.5 Å². The van der Waals surface area contributed by atoms with Gasteiger partial charge in [-0.15, -0.1) is 0 Å². The number of fused-ring (bicyclic) bond motifs is 4. The number of carbonyl (C=O) groups is 1. The number of hydrogen-bond donors (Lipinski definition) is 0. The monoisotopic (exact) mass is 277 g/mol. The number of Topliss-reactive ketones (excluding diaryl/α,β-unsaturated/α-hetero) is 1. The van der Waals surface area contributed by atoms with E-state index in [2.05, 4.69) is 4.90 Å². The number of carbonyl (C=O) groups excluding carboxylic acids is 1. The van der Waals surface area contributed by atoms with Crippen LogP contribution in [-0.4, -0.2) is 48.1 Å². The summed E-state index contributed by atoms with van der Waals surface area (Å²) < 4.78 is 12.3. The smallest absolute Gasteiger partial charge is 0.168 e. The van der Waals surface area contributed by atoms with Crippen LogP contribution < -0.4 is 0 Å². The van der Waals surface area contributed by atoms with Crippen molar-refractivity contribution < 1.29 is 14.3 Å². The maximum absolute atomic E-state index is 12.4. The number of ketones is 1. The Balaban J connectivity index is 1.77. The fraction of sp³-hybridized carbons (Fsp3) is 0.812. The molecule has 4 rings (SSSR count). The van der Waals surface area contributed by atoms with Crippen LogP contribution in [0.3, 0.4) is 0 Å². The summed E-state index contributed by atoms with van der Waals surface area (Å²) in [5.74, 6) is 1.50. The molecule has 4 aliphatic heterocycles. The zero-order valence-corrected chi connectivity index (χ0v) is 12.3. The second kappa shape index (κ2) is 4.57. The Bertz CT molecular complexity index is 472. The van der Waals surface area contributed by atoms with Gasteiger partial charge in [-0.2, -0.15) is 0 Å². The Morgan fingerprint density at radius 2 is 2.05 bits per heavy atom. The second-order valence-electron chi connectivity index (χ2n) is 6.71. The Hall–Kier alpha value is -0.870. The van der Waals surface area contributed by atoms with Gasteiger partial charge >= 0.3 is 0 Å². The van der Waals surface area contributed by atoms with Crippen molar-refractivity contribution in [2.24, 2.45) is 5.92 Å². The zero-order valence-electron chi connectivity index (χ0n) is 12.3. The van der Waals surface area contributed by atoms with Gasteiger partial charge in [0.25, 0.3) is 0 Å². The molecule has 0 aromatic heterocycles. The maximum Gasteiger partial charge on any atom is 0.168 e. The van der Waals surface area contributed by atoms with Crippen LogP contribution in [0.25, 0.3) is 0 Å². The van der Waals surface area contributed by atoms with Crippen LogP contribution in [-0.2, 0) is 14.3 Å². The molecule has 0 N–H and O–H groups in total. The third kappa shape index (κ3) is 1.77. The molecule has 5 atom stereocenters. The van der Waals surface area contributed by atoms with Crippen molar-refractivity contribution >= 4 is 5.78 Å². The predicted octanol–water partition coefficient (Wildman–Crippen LogP) is 1.89. The fourth-order valence-electron chi connectivity index (χ4n) is 4.60. The molecule has 0 saturated carbocycles. The fourth-order valence-corrected chi connectivity index (χ4v) is 4.60. The first-order valence-electron chi connectivity index (χ1n) is 7.98. The zero-order chi connectivity index (χ0) is 13.9. The topological polar surface area (TPSA) is 38.8 Å². The molecular weight excluding hydrogens is 254 g/mol. The molecule has 0 bridgehead atoms. The van der Waals surface area contributed by atoms with Crippen molar-refractivity contribution in [3.05, 3.63) is 11.3 Å². The third-order valence-electron chi connectivity index (χ3n) is 5.39. The highest BCUT2D eigenvalue weighted by Crippen LogP contribution is 2.45. The molecule has 4 heterocycles. The molecule has 4 heteroatoms. The molecule has 0 aromatic rings. The summed E-state index contributed by atoms with van der Waals surface area (Å²) in [5, 5.41) is 0. The molecule has 0 spiro atoms. The Kier molecular flexibility index (Phi) is 2.93. The molecular formula is C16H23NO3. The molecule has 4 nitrogen and oxygen atoms in total. The lowest BCUT2D eigenvalue weighted by atomic mass is 9.78. The quantitative estimate of drug-likeness (QED) is 0.678. The summed E-state index contributed by atoms with van der Waals surface area (Å²) in [4.78, 5) is 15.0. The number of piperidine rings is 1. The predicted molar refractivity (Wildman–Crippen MR) is 74.2 cm³/mol. The summed E-state index contributed by atoms with van der Waals surface area (Å²) in [5.41, 5.74) is 0.832. The van der Waals surface area contributed by atoms with Crippen LogP contribution in [0.5, 0.6) is 0 Å². The normalized spacial score (nSPS) is 44.7. The first-order chi connectivity index (χ1) is 9.65. The molecule has 110 valence electrons. The minimum atomic E-state index is -0.0980. The number of rotatable bonds is 0. The summed E-state index contributed by atoms with van der Waals surface area (Å²) >= 11 is 0. The van der Waals surface area contributed by atoms with Gasteiger partial charge in [-0.05, 0) is 39.7 Å². The number of ether oxygens (including phenoxy) is 2. The molecule has 0 radical (unpaired) electrons. The highest BCUT2D eigenvalue weighted by molar-refractivity contribution is 5.98. The SMILES string of the molecule is CC1CC(=O)C2=C(O1)C1C(CCN3CCCC13)OC2C. The van der Waals surface area contributed by atoms with Gasteiger partial charge in [-0.1, -0.05) is 0 Å². The van der Waals surface area contributed by atoms with Gasteiger partial charge in [-0.25, -0.2) is 0 Å². The number of nitrogens with zero attached hydrogens (tertiary/aromatic N) is 1. The molecule has 0 aliphatic carbocycles. The molecule has 2 fully saturated rings. The van der Waals surface area contributed by atoms with Crippen LogP contribution in [0, 0.1) is 5.92 Å². The Morgan fingerprint density at radius 3 is 2.90 bits per heavy atom. The first-order valence-corrected chi connectivity index (χ1v) is 7.98. The molecule has 0 aromatic carbocycles. The van der Waals surface area contributed by atoms with Gasteiger partial charge in [-0.3, -0.25) is 9.69 Å². The van der Waals surface area contributed by atoms with Gasteiger partial charge in [0.05, 0.1) is 23.7 Å². The minimum absolute atomic E-state index is 0.0176. The van der Waals surface area contributed by atoms with E-state index >= 15 is 0 Å². The summed E-state index contributed by atoms with van der Waals surface area (Å²) in [6.07, 6.45) is 4.19. The Labute approximate surface area is 120 Å². The van der Waals surface area contributed by atoms with E-state index in [1.807, 2.05) is 13.8 Å². The van der Waals surface area contributed by atoms with Crippen LogP contribution in [0.2, 0.25) is 0 Å². The van der Waals surface area contributed by atoms with Crippen LogP contribution >= 0.6 is 0 Å². The average Bonchev–Trinajstić information content (AvgIpc) is 2.85. The maximum atomic E-state index is 12.4. The van der Waals surface area contributed by atoms with Crippen LogP contribution in [0.4, 0.5) is 0 Å². The molecule has 0 amide bonds. The standard InChI is InChI=1S/C16H23NO3/c1-9-8-12(18)14-10(2)20-13-5-7-17-6-3-4-11(17)15(13)16(14)19-9/h9-11,13,15H,3-8H2,1-2H3. The largest absolute Gasteiger partial charge is 0.494 e. The molecule has 5 unspecified atom stereocenters. The van der Waals surface area contributed by atoms with Crippen molar-refractivity contribution in [2.75, 3.05) is 13.1 Å². The van der Waals surface area contributed by atoms with E-state index < -0.39 is 0 Å². The second-order valence-corrected chi connectivity index (χ2v) is 6.71. The van der Waals surface area contributed by atoms with Crippen molar-refractivity contribution in [1.29, 1.82) is 0 Å². The minimum Gasteiger partial charge on any atom is -0.494 e. The Morgan fingerprint density at radius 1 is 1.20 bits per heavy atom. The van der Waals surface area contributed by atoms with Crippen LogP contribution in [0.15, 0.2) is 11.3 Å². The average molecular weight is 277 g/mol. The van der Waals surface area contributed by atoms with E-state index in [9.17, 15) is 4.79 Å². The lowest BCUT2D eigenvalue weighted by molar-refractivity contribution is -0.134. The number of hydrogen-bond acceptors (Lipinski definition) is 4. The highest BCUT2D eigenvalue weighted by Gasteiger charge is 2.50. The molecule has 2 saturated heterocycles. The van der Waals surface area contributed by atoms with E-state index in [1.54, 1.807) is 0 Å². The third-order valence-corrected chi connectivity index (χ3v) is 5.39. The van der Waals surface area contributed by atoms with E-state index in [0.29, 0.717) is 12.5 Å². The summed E-state index contributed by atoms with van der Waals surface area (Å²) in [6, 6.07) is 0.518.